The number of benzene rings is 3. The molecule has 0 atom stereocenters. The van der Waals surface area contributed by atoms with E-state index >= 15 is 0 Å². The molecule has 0 unspecified atom stereocenters. The van der Waals surface area contributed by atoms with Gasteiger partial charge in [0.2, 0.25) is 5.95 Å². The molecule has 210 valence electrons. The fourth-order valence-electron chi connectivity index (χ4n) is 5.74. The molecule has 0 amide bonds. The summed E-state index contributed by atoms with van der Waals surface area (Å²) in [6.07, 6.45) is 5.47. The summed E-state index contributed by atoms with van der Waals surface area (Å²) in [6, 6.07) is 19.6. The van der Waals surface area contributed by atoms with Crippen LogP contribution in [-0.4, -0.2) is 51.4 Å². The number of nitrogens with zero attached hydrogens (tertiary/aromatic N) is 3. The lowest BCUT2D eigenvalue weighted by Gasteiger charge is -2.31. The van der Waals surface area contributed by atoms with E-state index in [2.05, 4.69) is 21.3 Å². The highest BCUT2D eigenvalue weighted by Crippen LogP contribution is 2.46. The van der Waals surface area contributed by atoms with Crippen molar-refractivity contribution >= 4 is 63.6 Å². The summed E-state index contributed by atoms with van der Waals surface area (Å²) < 4.78 is 15.3. The van der Waals surface area contributed by atoms with E-state index in [1.807, 2.05) is 92.2 Å². The maximum absolute atomic E-state index is 13.5. The van der Waals surface area contributed by atoms with Crippen molar-refractivity contribution in [1.82, 2.24) is 19.4 Å². The Balaban J connectivity index is 1.24. The quantitative estimate of drug-likeness (QED) is 0.224. The zero-order valence-electron chi connectivity index (χ0n) is 23.4. The van der Waals surface area contributed by atoms with Crippen LogP contribution in [0.1, 0.15) is 16.8 Å². The maximum atomic E-state index is 13.5. The predicted octanol–water partition coefficient (Wildman–Crippen LogP) is 6.45. The molecule has 3 aromatic carbocycles. The van der Waals surface area contributed by atoms with Gasteiger partial charge in [0.05, 0.1) is 27.1 Å². The van der Waals surface area contributed by atoms with Gasteiger partial charge in [0, 0.05) is 50.0 Å². The largest absolute Gasteiger partial charge is 0.324 e. The second-order valence-corrected chi connectivity index (χ2v) is 14.4. The van der Waals surface area contributed by atoms with E-state index in [9.17, 15) is 9.36 Å². The molecule has 3 heterocycles. The van der Waals surface area contributed by atoms with Gasteiger partial charge in [0.1, 0.15) is 7.14 Å². The van der Waals surface area contributed by atoms with Gasteiger partial charge in [0.25, 0.3) is 5.56 Å². The number of aromatic amines is 1. The number of halogens is 1. The molecule has 1 aliphatic rings. The second-order valence-electron chi connectivity index (χ2n) is 10.8. The molecule has 9 heteroatoms. The van der Waals surface area contributed by atoms with Crippen molar-refractivity contribution in [2.45, 2.75) is 13.8 Å². The Morgan fingerprint density at radius 3 is 2.54 bits per heavy atom. The van der Waals surface area contributed by atoms with Gasteiger partial charge in [-0.3, -0.25) is 9.69 Å². The summed E-state index contributed by atoms with van der Waals surface area (Å²) in [4.78, 5) is 23.6. The third-order valence-corrected chi connectivity index (χ3v) is 11.6. The first kappa shape index (κ1) is 27.5. The van der Waals surface area contributed by atoms with E-state index in [4.69, 9.17) is 16.6 Å². The first-order valence-electron chi connectivity index (χ1n) is 13.8. The average molecular weight is 586 g/mol. The van der Waals surface area contributed by atoms with Crippen molar-refractivity contribution in [3.63, 3.8) is 0 Å². The molecular formula is C32H33ClN5O2P. The number of imidazole rings is 1. The molecule has 7 nitrogen and oxygen atoms in total. The Labute approximate surface area is 244 Å². The fraction of sp³-hybridized carbons (Fsp3) is 0.250. The molecule has 41 heavy (non-hydrogen) atoms. The Kier molecular flexibility index (Phi) is 7.37. The summed E-state index contributed by atoms with van der Waals surface area (Å²) >= 11 is 6.44. The van der Waals surface area contributed by atoms with Gasteiger partial charge < -0.3 is 19.4 Å². The minimum absolute atomic E-state index is 0.152. The topological polar surface area (TPSA) is 83.0 Å². The van der Waals surface area contributed by atoms with Gasteiger partial charge in [-0.1, -0.05) is 66.2 Å². The standard InChI is InChI=1S/C32H33ClN5O2P/c1-21-9-7-12-25(33)29(21)36-32-35-27-15-14-24-22(2)26(34-31(39)28(24)30(27)37(32)3)13-8-16-38-17-19-41(40,20-18-38)23-10-5-4-6-11-23/h4-15H,16-20H2,1-3H3,(H,34,39)(H,35,36). The SMILES string of the molecule is Cc1cccc(Cl)c1Nc1nc2ccc3c(C)c(C=CCN4CCP(=O)(c5ccccc5)CC4)[nH]c(=O)c3c2n1C. The van der Waals surface area contributed by atoms with Gasteiger partial charge in [-0.05, 0) is 48.6 Å². The third-order valence-electron chi connectivity index (χ3n) is 8.21. The van der Waals surface area contributed by atoms with E-state index in [0.29, 0.717) is 28.7 Å². The fourth-order valence-corrected chi connectivity index (χ4v) is 8.68. The minimum Gasteiger partial charge on any atom is -0.324 e. The Morgan fingerprint density at radius 1 is 1.05 bits per heavy atom. The van der Waals surface area contributed by atoms with E-state index in [1.54, 1.807) is 0 Å². The highest BCUT2D eigenvalue weighted by atomic mass is 35.5. The van der Waals surface area contributed by atoms with Crippen LogP contribution in [-0.2, 0) is 11.6 Å². The highest BCUT2D eigenvalue weighted by molar-refractivity contribution is 7.71. The number of anilines is 2. The van der Waals surface area contributed by atoms with Crippen LogP contribution in [0.5, 0.6) is 0 Å². The average Bonchev–Trinajstić information content (AvgIpc) is 3.29. The molecule has 0 spiro atoms. The second kappa shape index (κ2) is 11.0. The molecule has 0 saturated carbocycles. The molecule has 5 aromatic rings. The van der Waals surface area contributed by atoms with Crippen molar-refractivity contribution in [3.8, 4) is 0 Å². The highest BCUT2D eigenvalue weighted by Gasteiger charge is 2.29. The molecular weight excluding hydrogens is 553 g/mol. The smallest absolute Gasteiger partial charge is 0.258 e. The van der Waals surface area contributed by atoms with Crippen LogP contribution in [0.15, 0.2) is 71.5 Å². The van der Waals surface area contributed by atoms with E-state index in [-0.39, 0.29) is 5.56 Å². The summed E-state index contributed by atoms with van der Waals surface area (Å²) in [5.74, 6) is 0.614. The molecule has 1 aliphatic heterocycles. The van der Waals surface area contributed by atoms with Crippen molar-refractivity contribution in [3.05, 3.63) is 98.9 Å². The first-order chi connectivity index (χ1) is 19.7. The maximum Gasteiger partial charge on any atom is 0.258 e. The van der Waals surface area contributed by atoms with E-state index in [1.165, 1.54) is 0 Å². The van der Waals surface area contributed by atoms with Gasteiger partial charge >= 0.3 is 0 Å². The van der Waals surface area contributed by atoms with Crippen molar-refractivity contribution in [1.29, 1.82) is 0 Å². The van der Waals surface area contributed by atoms with Gasteiger partial charge in [-0.25, -0.2) is 4.98 Å². The van der Waals surface area contributed by atoms with Gasteiger partial charge in [-0.15, -0.1) is 0 Å². The number of rotatable bonds is 6. The summed E-state index contributed by atoms with van der Waals surface area (Å²) in [5, 5.41) is 6.47. The number of para-hydroxylation sites is 1. The Hall–Kier alpha value is -3.64. The lowest BCUT2D eigenvalue weighted by atomic mass is 10.0. The predicted molar refractivity (Wildman–Crippen MR) is 172 cm³/mol. The van der Waals surface area contributed by atoms with E-state index in [0.717, 1.165) is 63.9 Å². The molecule has 1 fully saturated rings. The number of hydrogen-bond donors (Lipinski definition) is 2. The zero-order valence-corrected chi connectivity index (χ0v) is 25.1. The number of pyridine rings is 1. The number of nitrogens with one attached hydrogen (secondary N) is 2. The number of fused-ring (bicyclic) bond motifs is 3. The molecule has 0 radical (unpaired) electrons. The molecule has 0 bridgehead atoms. The number of aromatic nitrogens is 3. The molecule has 6 rings (SSSR count). The van der Waals surface area contributed by atoms with Gasteiger partial charge in [-0.2, -0.15) is 0 Å². The van der Waals surface area contributed by atoms with E-state index < -0.39 is 7.14 Å². The first-order valence-corrected chi connectivity index (χ1v) is 16.3. The van der Waals surface area contributed by atoms with Crippen molar-refractivity contribution in [2.75, 3.05) is 37.3 Å². The van der Waals surface area contributed by atoms with Crippen molar-refractivity contribution < 1.29 is 4.57 Å². The Bertz CT molecular complexity index is 1880. The van der Waals surface area contributed by atoms with Crippen LogP contribution in [0.2, 0.25) is 5.02 Å². The van der Waals surface area contributed by atoms with Crippen LogP contribution < -0.4 is 16.2 Å². The van der Waals surface area contributed by atoms with Crippen LogP contribution in [0.25, 0.3) is 27.9 Å². The Morgan fingerprint density at radius 2 is 1.80 bits per heavy atom. The molecule has 0 aliphatic carbocycles. The number of hydrogen-bond acceptors (Lipinski definition) is 5. The summed E-state index contributed by atoms with van der Waals surface area (Å²) in [5.41, 5.74) is 4.95. The van der Waals surface area contributed by atoms with Crippen LogP contribution in [0.4, 0.5) is 11.6 Å². The van der Waals surface area contributed by atoms with Crippen LogP contribution in [0.3, 0.4) is 0 Å². The molecule has 1 saturated heterocycles. The van der Waals surface area contributed by atoms with Crippen molar-refractivity contribution in [2.24, 2.45) is 7.05 Å². The number of aryl methyl sites for hydroxylation is 3. The lowest BCUT2D eigenvalue weighted by molar-refractivity contribution is 0.328. The van der Waals surface area contributed by atoms with Crippen LogP contribution in [0, 0.1) is 13.8 Å². The van der Waals surface area contributed by atoms with Gasteiger partial charge in [0.15, 0.2) is 0 Å². The monoisotopic (exact) mass is 585 g/mol. The lowest BCUT2D eigenvalue weighted by Crippen LogP contribution is -2.37. The normalized spacial score (nSPS) is 15.7. The summed E-state index contributed by atoms with van der Waals surface area (Å²) in [7, 11) is -0.410. The molecule has 2 N–H and O–H groups in total. The van der Waals surface area contributed by atoms with Crippen LogP contribution >= 0.6 is 18.7 Å². The number of H-pyrrole nitrogens is 1. The molecule has 2 aromatic heterocycles. The third kappa shape index (κ3) is 5.14. The minimum atomic E-state index is -2.31. The zero-order chi connectivity index (χ0) is 28.7. The summed E-state index contributed by atoms with van der Waals surface area (Å²) in [6.45, 7) is 6.36.